The Morgan fingerprint density at radius 2 is 0.626 bits per heavy atom. The quantitative estimate of drug-likeness (QED) is 0.127. The molecule has 8 aliphatic carbocycles. The summed E-state index contributed by atoms with van der Waals surface area (Å²) in [4.78, 5) is 4.91. The van der Waals surface area contributed by atoms with Crippen LogP contribution in [-0.2, 0) is 27.1 Å². The van der Waals surface area contributed by atoms with Gasteiger partial charge in [-0.3, -0.25) is 0 Å². The van der Waals surface area contributed by atoms with Gasteiger partial charge < -0.3 is 18.9 Å². The van der Waals surface area contributed by atoms with E-state index in [9.17, 15) is 19.2 Å². The Morgan fingerprint density at radius 1 is 0.322 bits per heavy atom. The third-order valence-corrected chi connectivity index (χ3v) is 28.6. The molecule has 0 radical (unpaired) electrons. The normalized spacial score (nSPS) is 24.1. The molecule has 0 unspecified atom stereocenters. The fourth-order valence-corrected chi connectivity index (χ4v) is 24.0. The summed E-state index contributed by atoms with van der Waals surface area (Å²) in [5.41, 5.74) is 18.2. The maximum atomic E-state index is 10.8. The maximum absolute atomic E-state index is 10.8. The van der Waals surface area contributed by atoms with E-state index in [1.165, 1.54) is 0 Å². The molecule has 0 spiro atoms. The number of nitrogens with zero attached hydrogens (tertiary/aromatic N) is 4. The van der Waals surface area contributed by atoms with Crippen molar-refractivity contribution in [2.75, 3.05) is 9.80 Å². The van der Waals surface area contributed by atoms with Crippen LogP contribution in [0.2, 0.25) is 0 Å². The molecule has 566 valence electrons. The smallest absolute Gasteiger partial charge is 0.252 e. The first kappa shape index (κ1) is 56.4. The molecule has 0 N–H and O–H groups in total. The fourth-order valence-electron chi connectivity index (χ4n) is 24.0. The van der Waals surface area contributed by atoms with E-state index in [0.29, 0.717) is 69.4 Å². The third-order valence-electron chi connectivity index (χ3n) is 28.6. The van der Waals surface area contributed by atoms with Crippen LogP contribution in [-0.4, -0.2) is 15.8 Å². The number of rotatable bonds is 10. The monoisotopic (exact) mass is 1500 g/mol. The van der Waals surface area contributed by atoms with Gasteiger partial charge in [-0.25, -0.2) is 0 Å². The van der Waals surface area contributed by atoms with Crippen LogP contribution in [0.3, 0.4) is 0 Å². The molecule has 4 nitrogen and oxygen atoms in total. The molecule has 8 fully saturated rings. The Balaban J connectivity index is 0.888. The molecule has 115 heavy (non-hydrogen) atoms. The molecule has 25 rings (SSSR count). The highest BCUT2D eigenvalue weighted by atomic mass is 15.2. The van der Waals surface area contributed by atoms with Gasteiger partial charge in [-0.1, -0.05) is 244 Å². The van der Waals surface area contributed by atoms with Crippen molar-refractivity contribution >= 4 is 101 Å². The van der Waals surface area contributed by atoms with Crippen LogP contribution in [0.1, 0.15) is 186 Å². The topological polar surface area (TPSA) is 16.3 Å². The second-order valence-corrected chi connectivity index (χ2v) is 39.0. The zero-order chi connectivity index (χ0) is 89.5. The minimum absolute atomic E-state index is 0.0344. The Hall–Kier alpha value is -10.9. The summed E-state index contributed by atoms with van der Waals surface area (Å²) < 4.78 is 147. The van der Waals surface area contributed by atoms with Crippen LogP contribution >= 0.6 is 0 Å². The number of hydrogen-bond acceptors (Lipinski definition) is 2. The third kappa shape index (κ3) is 10.9. The van der Waals surface area contributed by atoms with Gasteiger partial charge in [-0.2, -0.15) is 0 Å². The van der Waals surface area contributed by atoms with Gasteiger partial charge in [-0.05, 0) is 303 Å². The molecule has 8 saturated carbocycles. The van der Waals surface area contributed by atoms with E-state index < -0.39 is 47.1 Å². The van der Waals surface area contributed by atoms with Crippen molar-refractivity contribution in [3.8, 4) is 55.9 Å². The van der Waals surface area contributed by atoms with Crippen molar-refractivity contribution in [1.82, 2.24) is 9.13 Å². The average Bonchev–Trinajstić information content (AvgIpc) is 1.14. The second kappa shape index (κ2) is 25.3. The van der Waals surface area contributed by atoms with Crippen molar-refractivity contribution in [2.45, 2.75) is 166 Å². The van der Waals surface area contributed by atoms with E-state index in [1.54, 1.807) is 9.13 Å². The molecule has 4 heterocycles. The van der Waals surface area contributed by atoms with Gasteiger partial charge in [0, 0.05) is 77.9 Å². The Labute approximate surface area is 699 Å². The lowest BCUT2D eigenvalue weighted by Gasteiger charge is -2.57. The van der Waals surface area contributed by atoms with Gasteiger partial charge in [0.1, 0.15) is 0 Å². The van der Waals surface area contributed by atoms with Gasteiger partial charge >= 0.3 is 0 Å². The molecular formula is C110H103BN4. The maximum Gasteiger partial charge on any atom is 0.252 e. The Kier molecular flexibility index (Phi) is 12.4. The minimum atomic E-state index is -0.692. The summed E-state index contributed by atoms with van der Waals surface area (Å²) in [6, 6.07) is 65.7. The molecule has 0 amide bonds. The minimum Gasteiger partial charge on any atom is -0.310 e. The highest BCUT2D eigenvalue weighted by Gasteiger charge is 2.54. The lowest BCUT2D eigenvalue weighted by atomic mass is 9.33. The number of anilines is 6. The van der Waals surface area contributed by atoms with E-state index >= 15 is 0 Å². The van der Waals surface area contributed by atoms with Crippen molar-refractivity contribution in [2.24, 2.45) is 35.5 Å². The predicted octanol–water partition coefficient (Wildman–Crippen LogP) is 27.5. The van der Waals surface area contributed by atoms with E-state index in [0.717, 1.165) is 177 Å². The first-order valence-electron chi connectivity index (χ1n) is 49.4. The van der Waals surface area contributed by atoms with Crippen LogP contribution in [0.4, 0.5) is 34.1 Å². The van der Waals surface area contributed by atoms with E-state index in [1.807, 2.05) is 36.4 Å². The van der Waals surface area contributed by atoms with Gasteiger partial charge in [0.2, 0.25) is 0 Å². The fraction of sp³-hybridized carbons (Fsp3) is 0.291. The van der Waals surface area contributed by atoms with E-state index in [2.05, 4.69) is 230 Å². The predicted molar refractivity (Wildman–Crippen MR) is 487 cm³/mol. The number of fused-ring (bicyclic) bond motifs is 10. The van der Waals surface area contributed by atoms with Crippen LogP contribution in [0, 0.1) is 35.5 Å². The number of para-hydroxylation sites is 2. The summed E-state index contributed by atoms with van der Waals surface area (Å²) in [6.45, 7) is 19.6. The van der Waals surface area contributed by atoms with Gasteiger partial charge in [0.05, 0.1) is 52.6 Å². The molecule has 5 heteroatoms. The van der Waals surface area contributed by atoms with Crippen molar-refractivity contribution in [1.29, 1.82) is 0 Å². The lowest BCUT2D eigenvalue weighted by Crippen LogP contribution is -2.61. The first-order valence-corrected chi connectivity index (χ1v) is 42.4. The number of hydrogen-bond donors (Lipinski definition) is 0. The van der Waals surface area contributed by atoms with Gasteiger partial charge in [0.25, 0.3) is 6.71 Å². The largest absolute Gasteiger partial charge is 0.310 e. The SMILES string of the molecule is [2H]c1c([2H])c([2H])c2c(c1[2H])c1c([2H])c(C34CC5CC(CC(C5)C3)C4)c([2H])c([2H])c1n2-c1ccc2c(c1)N(c1c(-c3ccccc3)cc(C(C)(C)C)cc1-c1ccccc1)c1cc(C(C)(C)C)cc3c1B2c1ccc(-n2c4c([2H])c([2H])c([2H])c([2H])c4c4c([2H])c(C56CC7CC(CC(C7)C5)C6)c([2H])c([2H])c42)cc1N3c1c(-c2ccccc2)cc(C(C)(C)C)cc1-c1ccccc1. The molecule has 13 aromatic carbocycles. The molecule has 2 aliphatic heterocycles. The van der Waals surface area contributed by atoms with Gasteiger partial charge in [-0.15, -0.1) is 0 Å². The highest BCUT2D eigenvalue weighted by Crippen LogP contribution is 2.64. The number of aromatic nitrogens is 2. The standard InChI is InChI=1S/C110H103BN4/c1-106(2,3)80-54-87(74-26-14-10-15-27-74)104(88(55-80)75-28-16-11-17-29-75)114-99-60-83(112-95-36-24-22-34-85(95)91-52-78(38-44-97(91)112)109-62-68-46-69(63-109)48-70(47-68)64-109)40-42-93(99)111-94-43-41-84(113-96-37-25-23-35-86(96)92-53-79(39-45-98(92)113)110-65-71-49-72(66-110)51-73(50-71)67-110)61-100(94)115(102-59-82(108(7,8)9)58-101(114)103(102)111)105-89(76-30-18-12-19-31-76)56-81(107(4,5)6)57-90(105)77-32-20-13-21-33-77/h10-45,52-61,68-73H,46-51,62-67H2,1-9H3/i22D,23D,24D,25D,34D,35D,36D,37D,38D,39D,44D,45D,52D,53D. The van der Waals surface area contributed by atoms with Gasteiger partial charge in [0.15, 0.2) is 0 Å². The molecule has 8 bridgehead atoms. The summed E-state index contributed by atoms with van der Waals surface area (Å²) in [6.07, 6.45) is 11.6. The summed E-state index contributed by atoms with van der Waals surface area (Å²) in [7, 11) is 0. The van der Waals surface area contributed by atoms with E-state index in [-0.39, 0.29) is 115 Å². The molecule has 0 atom stereocenters. The molecular weight excluding hydrogens is 1390 g/mol. The summed E-state index contributed by atoms with van der Waals surface area (Å²) in [5.74, 6) is 2.63. The van der Waals surface area contributed by atoms with Crippen molar-refractivity contribution in [3.63, 3.8) is 0 Å². The summed E-state index contributed by atoms with van der Waals surface area (Å²) in [5, 5.41) is 0.775. The molecule has 2 aromatic heterocycles. The Morgan fingerprint density at radius 3 is 0.948 bits per heavy atom. The first-order chi connectivity index (χ1) is 61.6. The van der Waals surface area contributed by atoms with Crippen LogP contribution in [0.25, 0.3) is 99.5 Å². The van der Waals surface area contributed by atoms with Crippen molar-refractivity contribution in [3.05, 3.63) is 307 Å². The molecule has 15 aromatic rings. The zero-order valence-corrected chi connectivity index (χ0v) is 67.3. The molecule has 0 saturated heterocycles. The zero-order valence-electron chi connectivity index (χ0n) is 81.3. The van der Waals surface area contributed by atoms with Crippen molar-refractivity contribution < 1.29 is 19.2 Å². The lowest BCUT2D eigenvalue weighted by molar-refractivity contribution is -0.00524. The van der Waals surface area contributed by atoms with Crippen LogP contribution in [0.15, 0.2) is 279 Å². The number of benzene rings is 13. The Bertz CT molecular complexity index is 6760. The van der Waals surface area contributed by atoms with Crippen LogP contribution < -0.4 is 26.2 Å². The van der Waals surface area contributed by atoms with Crippen LogP contribution in [0.5, 0.6) is 0 Å². The average molecular weight is 1510 g/mol. The summed E-state index contributed by atoms with van der Waals surface area (Å²) >= 11 is 0. The molecule has 10 aliphatic rings. The highest BCUT2D eigenvalue weighted by molar-refractivity contribution is 7.00. The second-order valence-electron chi connectivity index (χ2n) is 39.0. The van der Waals surface area contributed by atoms with E-state index in [4.69, 9.17) is 0 Å².